The molecule has 1 atom stereocenters. The van der Waals surface area contributed by atoms with Crippen LogP contribution in [0.5, 0.6) is 5.75 Å². The van der Waals surface area contributed by atoms with Crippen molar-refractivity contribution < 1.29 is 14.3 Å². The highest BCUT2D eigenvalue weighted by molar-refractivity contribution is 6.31. The molecule has 1 saturated heterocycles. The summed E-state index contributed by atoms with van der Waals surface area (Å²) >= 11 is 6.28. The summed E-state index contributed by atoms with van der Waals surface area (Å²) in [6, 6.07) is 11.2. The Kier molecular flexibility index (Phi) is 4.51. The average molecular weight is 372 g/mol. The van der Waals surface area contributed by atoms with E-state index in [0.717, 1.165) is 17.0 Å². The first-order valence-corrected chi connectivity index (χ1v) is 8.91. The van der Waals surface area contributed by atoms with E-state index in [1.165, 1.54) is 4.90 Å². The Labute approximate surface area is 156 Å². The highest BCUT2D eigenvalue weighted by Crippen LogP contribution is 2.33. The molecule has 0 unspecified atom stereocenters. The van der Waals surface area contributed by atoms with E-state index in [2.05, 4.69) is 4.98 Å². The zero-order chi connectivity index (χ0) is 18.1. The molecule has 26 heavy (non-hydrogen) atoms. The van der Waals surface area contributed by atoms with Crippen molar-refractivity contribution in [3.8, 4) is 5.75 Å². The summed E-state index contributed by atoms with van der Waals surface area (Å²) in [6.45, 7) is 1.16. The maximum Gasteiger partial charge on any atom is 0.266 e. The second kappa shape index (κ2) is 6.96. The van der Waals surface area contributed by atoms with Gasteiger partial charge in [-0.3, -0.25) is 14.5 Å². The third kappa shape index (κ3) is 3.12. The van der Waals surface area contributed by atoms with Crippen LogP contribution in [0.25, 0.3) is 0 Å². The number of hydrogen-bond donors (Lipinski definition) is 0. The predicted molar refractivity (Wildman–Crippen MR) is 97.5 cm³/mol. The van der Waals surface area contributed by atoms with Crippen molar-refractivity contribution in [1.29, 1.82) is 0 Å². The van der Waals surface area contributed by atoms with Crippen LogP contribution in [0.2, 0.25) is 5.02 Å². The van der Waals surface area contributed by atoms with Gasteiger partial charge in [0.15, 0.2) is 18.2 Å². The van der Waals surface area contributed by atoms with Gasteiger partial charge < -0.3 is 9.64 Å². The molecule has 1 aromatic carbocycles. The number of nitrogens with zero attached hydrogens (tertiary/aromatic N) is 3. The van der Waals surface area contributed by atoms with Gasteiger partial charge in [0.1, 0.15) is 6.54 Å². The Bertz CT molecular complexity index is 857. The molecule has 6 nitrogen and oxygen atoms in total. The van der Waals surface area contributed by atoms with E-state index in [-0.39, 0.29) is 30.9 Å². The molecule has 0 radical (unpaired) electrons. The molecule has 0 spiro atoms. The van der Waals surface area contributed by atoms with Gasteiger partial charge in [0.05, 0.1) is 0 Å². The number of halogens is 1. The smallest absolute Gasteiger partial charge is 0.266 e. The van der Waals surface area contributed by atoms with Gasteiger partial charge in [-0.2, -0.15) is 0 Å². The van der Waals surface area contributed by atoms with E-state index in [4.69, 9.17) is 16.3 Å². The summed E-state index contributed by atoms with van der Waals surface area (Å²) in [5.74, 6) is 0.797. The van der Waals surface area contributed by atoms with Gasteiger partial charge in [0.25, 0.3) is 5.91 Å². The number of carbonyl (C=O) groups is 2. The lowest BCUT2D eigenvalue weighted by molar-refractivity contribution is -0.131. The first-order valence-electron chi connectivity index (χ1n) is 8.54. The minimum Gasteiger partial charge on any atom is -0.480 e. The molecule has 0 bridgehead atoms. The summed E-state index contributed by atoms with van der Waals surface area (Å²) in [7, 11) is 0. The van der Waals surface area contributed by atoms with Gasteiger partial charge in [-0.1, -0.05) is 29.8 Å². The number of pyridine rings is 1. The number of hydrogen-bond acceptors (Lipinski definition) is 4. The predicted octanol–water partition coefficient (Wildman–Crippen LogP) is 2.48. The quantitative estimate of drug-likeness (QED) is 0.831. The van der Waals surface area contributed by atoms with E-state index in [1.54, 1.807) is 23.2 Å². The van der Waals surface area contributed by atoms with Crippen LogP contribution in [0.1, 0.15) is 17.9 Å². The number of ether oxygens (including phenoxy) is 1. The Morgan fingerprint density at radius 1 is 1.27 bits per heavy atom. The van der Waals surface area contributed by atoms with Crippen LogP contribution in [-0.2, 0) is 9.59 Å². The van der Waals surface area contributed by atoms with Crippen LogP contribution >= 0.6 is 11.6 Å². The van der Waals surface area contributed by atoms with Crippen molar-refractivity contribution >= 4 is 29.2 Å². The lowest BCUT2D eigenvalue weighted by Crippen LogP contribution is -2.46. The fourth-order valence-corrected chi connectivity index (χ4v) is 3.77. The van der Waals surface area contributed by atoms with Gasteiger partial charge in [0.2, 0.25) is 5.91 Å². The van der Waals surface area contributed by atoms with Crippen LogP contribution in [0, 0.1) is 0 Å². The number of carbonyl (C=O) groups excluding carboxylic acids is 2. The fourth-order valence-electron chi connectivity index (χ4n) is 3.48. The van der Waals surface area contributed by atoms with Gasteiger partial charge in [-0.25, -0.2) is 4.98 Å². The van der Waals surface area contributed by atoms with Gasteiger partial charge in [0, 0.05) is 30.2 Å². The number of rotatable bonds is 3. The van der Waals surface area contributed by atoms with Crippen molar-refractivity contribution in [2.24, 2.45) is 0 Å². The SMILES string of the molecule is O=C(CN1C(=O)COc2cccnc21)N1CC[C@@H](c2ccccc2Cl)C1. The molecule has 1 fully saturated rings. The molecule has 4 rings (SSSR count). The number of fused-ring (bicyclic) bond motifs is 1. The second-order valence-corrected chi connectivity index (χ2v) is 6.85. The van der Waals surface area contributed by atoms with Gasteiger partial charge >= 0.3 is 0 Å². The van der Waals surface area contributed by atoms with E-state index in [0.29, 0.717) is 24.7 Å². The molecule has 2 aromatic rings. The van der Waals surface area contributed by atoms with Gasteiger partial charge in [-0.15, -0.1) is 0 Å². The molecule has 2 aliphatic heterocycles. The Balaban J connectivity index is 1.46. The Hall–Kier alpha value is -2.60. The molecule has 134 valence electrons. The minimum atomic E-state index is -0.258. The molecule has 0 saturated carbocycles. The molecule has 0 aliphatic carbocycles. The van der Waals surface area contributed by atoms with E-state index < -0.39 is 0 Å². The lowest BCUT2D eigenvalue weighted by Gasteiger charge is -2.29. The Morgan fingerprint density at radius 3 is 2.96 bits per heavy atom. The maximum atomic E-state index is 12.8. The first kappa shape index (κ1) is 16.8. The highest BCUT2D eigenvalue weighted by atomic mass is 35.5. The first-order chi connectivity index (χ1) is 12.6. The number of benzene rings is 1. The van der Waals surface area contributed by atoms with Crippen molar-refractivity contribution in [3.63, 3.8) is 0 Å². The minimum absolute atomic E-state index is 0.0263. The summed E-state index contributed by atoms with van der Waals surface area (Å²) < 4.78 is 5.37. The molecular formula is C19H18ClN3O3. The molecular weight excluding hydrogens is 354 g/mol. The van der Waals surface area contributed by atoms with E-state index >= 15 is 0 Å². The third-order valence-electron chi connectivity index (χ3n) is 4.84. The summed E-state index contributed by atoms with van der Waals surface area (Å²) in [5.41, 5.74) is 1.07. The summed E-state index contributed by atoms with van der Waals surface area (Å²) in [5, 5.41) is 0.730. The third-order valence-corrected chi connectivity index (χ3v) is 5.18. The summed E-state index contributed by atoms with van der Waals surface area (Å²) in [4.78, 5) is 32.4. The van der Waals surface area contributed by atoms with Crippen LogP contribution in [0.3, 0.4) is 0 Å². The lowest BCUT2D eigenvalue weighted by atomic mass is 9.98. The maximum absolute atomic E-state index is 12.8. The number of likely N-dealkylation sites (tertiary alicyclic amines) is 1. The molecule has 2 aliphatic rings. The monoisotopic (exact) mass is 371 g/mol. The topological polar surface area (TPSA) is 62.7 Å². The fraction of sp³-hybridized carbons (Fsp3) is 0.316. The Morgan fingerprint density at radius 2 is 2.12 bits per heavy atom. The number of anilines is 1. The largest absolute Gasteiger partial charge is 0.480 e. The van der Waals surface area contributed by atoms with Crippen LogP contribution in [0.15, 0.2) is 42.6 Å². The van der Waals surface area contributed by atoms with Crippen molar-refractivity contribution in [1.82, 2.24) is 9.88 Å². The molecule has 2 amide bonds. The van der Waals surface area contributed by atoms with E-state index in [1.807, 2.05) is 24.3 Å². The van der Waals surface area contributed by atoms with Crippen molar-refractivity contribution in [2.45, 2.75) is 12.3 Å². The standard InChI is InChI=1S/C19H18ClN3O3/c20-15-5-2-1-4-14(15)13-7-9-22(10-13)17(24)11-23-18(25)12-26-16-6-3-8-21-19(16)23/h1-6,8,13H,7,9-12H2/t13-/m1/s1. The molecule has 3 heterocycles. The number of aromatic nitrogens is 1. The zero-order valence-electron chi connectivity index (χ0n) is 14.1. The van der Waals surface area contributed by atoms with Gasteiger partial charge in [-0.05, 0) is 30.2 Å². The van der Waals surface area contributed by atoms with Crippen LogP contribution < -0.4 is 9.64 Å². The zero-order valence-corrected chi connectivity index (χ0v) is 14.9. The van der Waals surface area contributed by atoms with Crippen molar-refractivity contribution in [2.75, 3.05) is 31.1 Å². The summed E-state index contributed by atoms with van der Waals surface area (Å²) in [6.07, 6.45) is 2.45. The molecule has 7 heteroatoms. The average Bonchev–Trinajstić information content (AvgIpc) is 3.14. The molecule has 0 N–H and O–H groups in total. The highest BCUT2D eigenvalue weighted by Gasteiger charge is 2.33. The normalized spacial score (nSPS) is 19.3. The van der Waals surface area contributed by atoms with Crippen molar-refractivity contribution in [3.05, 3.63) is 53.2 Å². The van der Waals surface area contributed by atoms with E-state index in [9.17, 15) is 9.59 Å². The second-order valence-electron chi connectivity index (χ2n) is 6.44. The number of amides is 2. The van der Waals surface area contributed by atoms with Crippen LogP contribution in [-0.4, -0.2) is 47.9 Å². The van der Waals surface area contributed by atoms with Crippen LogP contribution in [0.4, 0.5) is 5.82 Å². The molecule has 1 aromatic heterocycles.